The van der Waals surface area contributed by atoms with E-state index in [2.05, 4.69) is 51.0 Å². The van der Waals surface area contributed by atoms with Crippen molar-refractivity contribution >= 4 is 0 Å². The fourth-order valence-corrected chi connectivity index (χ4v) is 4.42. The highest BCUT2D eigenvalue weighted by Crippen LogP contribution is 2.29. The van der Waals surface area contributed by atoms with Gasteiger partial charge in [0.15, 0.2) is 0 Å². The summed E-state index contributed by atoms with van der Waals surface area (Å²) in [6.07, 6.45) is 4.94. The number of aliphatic hydroxyl groups is 1. The molecule has 1 aliphatic rings. The highest BCUT2D eigenvalue weighted by Gasteiger charge is 2.19. The van der Waals surface area contributed by atoms with Crippen LogP contribution in [0.2, 0.25) is 0 Å². The summed E-state index contributed by atoms with van der Waals surface area (Å²) >= 11 is 0. The van der Waals surface area contributed by atoms with Crippen LogP contribution < -0.4 is 4.74 Å². The van der Waals surface area contributed by atoms with Crippen LogP contribution in [0.3, 0.4) is 0 Å². The maximum Gasteiger partial charge on any atom is 0.136 e. The van der Waals surface area contributed by atoms with Gasteiger partial charge in [0.1, 0.15) is 18.2 Å². The first-order chi connectivity index (χ1) is 16.3. The summed E-state index contributed by atoms with van der Waals surface area (Å²) in [5.41, 5.74) is 4.51. The van der Waals surface area contributed by atoms with Gasteiger partial charge in [-0.2, -0.15) is 0 Å². The molecule has 2 aromatic carbocycles. The quantitative estimate of drug-likeness (QED) is 0.443. The molecule has 0 radical (unpaired) electrons. The molecule has 168 valence electrons. The first-order valence-corrected chi connectivity index (χ1v) is 11.5. The summed E-state index contributed by atoms with van der Waals surface area (Å²) in [5.74, 6) is 1.84. The summed E-state index contributed by atoms with van der Waals surface area (Å²) in [6, 6.07) is 26.6. The Morgan fingerprint density at radius 1 is 0.970 bits per heavy atom. The molecular formula is C28H29N3O2. The Hall–Kier alpha value is -3.41. The number of benzene rings is 2. The normalized spacial score (nSPS) is 14.8. The first-order valence-electron chi connectivity index (χ1n) is 11.5. The van der Waals surface area contributed by atoms with Crippen LogP contribution in [0.4, 0.5) is 0 Å². The zero-order chi connectivity index (χ0) is 22.5. The second-order valence-corrected chi connectivity index (χ2v) is 8.52. The van der Waals surface area contributed by atoms with Crippen LogP contribution in [-0.4, -0.2) is 32.7 Å². The van der Waals surface area contributed by atoms with Gasteiger partial charge in [-0.3, -0.25) is 4.90 Å². The number of hydrogen-bond acceptors (Lipinski definition) is 4. The van der Waals surface area contributed by atoms with Gasteiger partial charge in [-0.15, -0.1) is 0 Å². The van der Waals surface area contributed by atoms with Crippen LogP contribution in [0.5, 0.6) is 5.75 Å². The van der Waals surface area contributed by atoms with Crippen LogP contribution in [0.1, 0.15) is 34.9 Å². The lowest BCUT2D eigenvalue weighted by Gasteiger charge is -2.21. The molecule has 0 amide bonds. The van der Waals surface area contributed by atoms with Crippen LogP contribution in [0.25, 0.3) is 5.82 Å². The highest BCUT2D eigenvalue weighted by molar-refractivity contribution is 5.39. The smallest absolute Gasteiger partial charge is 0.136 e. The van der Waals surface area contributed by atoms with E-state index in [0.29, 0.717) is 13.0 Å². The van der Waals surface area contributed by atoms with E-state index in [-0.39, 0.29) is 0 Å². The number of aliphatic hydroxyl groups excluding tert-OH is 1. The van der Waals surface area contributed by atoms with E-state index >= 15 is 0 Å². The molecule has 0 spiro atoms. The Morgan fingerprint density at radius 3 is 2.70 bits per heavy atom. The van der Waals surface area contributed by atoms with Crippen molar-refractivity contribution in [3.8, 4) is 11.6 Å². The number of aryl methyl sites for hydroxylation is 1. The highest BCUT2D eigenvalue weighted by atomic mass is 16.5. The van der Waals surface area contributed by atoms with Gasteiger partial charge in [-0.25, -0.2) is 4.98 Å². The second kappa shape index (κ2) is 10.0. The lowest BCUT2D eigenvalue weighted by molar-refractivity contribution is 0.167. The molecule has 1 atom stereocenters. The third kappa shape index (κ3) is 5.16. The molecule has 5 nitrogen and oxygen atoms in total. The lowest BCUT2D eigenvalue weighted by atomic mass is 9.99. The molecule has 3 heterocycles. The number of hydrogen-bond donors (Lipinski definition) is 1. The number of ether oxygens (including phenoxy) is 1. The standard InChI is InChI=1S/C28H29N3O2/c32-26(13-11-22-7-2-1-3-8-22)23-12-14-27-24(19-23)20-30(17-18-33-27)21-25-9-6-16-31(25)28-10-4-5-15-29-28/h1-10,12,14-16,19,26,32H,11,13,17-18,20-21H2/t26-/m1/s1. The van der Waals surface area contributed by atoms with E-state index in [1.54, 1.807) is 0 Å². The zero-order valence-electron chi connectivity index (χ0n) is 18.7. The largest absolute Gasteiger partial charge is 0.492 e. The van der Waals surface area contributed by atoms with E-state index in [1.165, 1.54) is 11.3 Å². The molecule has 0 aliphatic carbocycles. The van der Waals surface area contributed by atoms with E-state index in [0.717, 1.165) is 48.7 Å². The molecule has 0 unspecified atom stereocenters. The van der Waals surface area contributed by atoms with Crippen molar-refractivity contribution in [2.24, 2.45) is 0 Å². The Bertz CT molecular complexity index is 1170. The fourth-order valence-electron chi connectivity index (χ4n) is 4.42. The van der Waals surface area contributed by atoms with Crippen LogP contribution in [0.15, 0.2) is 91.3 Å². The van der Waals surface area contributed by atoms with E-state index in [4.69, 9.17) is 4.74 Å². The lowest BCUT2D eigenvalue weighted by Crippen LogP contribution is -2.26. The van der Waals surface area contributed by atoms with Crippen LogP contribution >= 0.6 is 0 Å². The predicted octanol–water partition coefficient (Wildman–Crippen LogP) is 4.93. The van der Waals surface area contributed by atoms with Gasteiger partial charge in [-0.1, -0.05) is 42.5 Å². The molecule has 33 heavy (non-hydrogen) atoms. The van der Waals surface area contributed by atoms with Crippen molar-refractivity contribution < 1.29 is 9.84 Å². The average molecular weight is 440 g/mol. The maximum absolute atomic E-state index is 10.8. The number of aromatic nitrogens is 2. The Balaban J connectivity index is 1.29. The first kappa shape index (κ1) is 21.4. The monoisotopic (exact) mass is 439 g/mol. The molecule has 0 saturated carbocycles. The number of fused-ring (bicyclic) bond motifs is 1. The second-order valence-electron chi connectivity index (χ2n) is 8.52. The summed E-state index contributed by atoms with van der Waals surface area (Å²) in [7, 11) is 0. The van der Waals surface area contributed by atoms with Crippen LogP contribution in [0, 0.1) is 0 Å². The van der Waals surface area contributed by atoms with Gasteiger partial charge in [0, 0.05) is 43.3 Å². The van der Waals surface area contributed by atoms with E-state index in [9.17, 15) is 5.11 Å². The molecule has 2 aromatic heterocycles. The number of nitrogens with zero attached hydrogens (tertiary/aromatic N) is 3. The van der Waals surface area contributed by atoms with Crippen molar-refractivity contribution in [2.45, 2.75) is 32.0 Å². The predicted molar refractivity (Wildman–Crippen MR) is 129 cm³/mol. The molecule has 0 bridgehead atoms. The fraction of sp³-hybridized carbons (Fsp3) is 0.250. The van der Waals surface area contributed by atoms with Crippen molar-refractivity contribution in [3.05, 3.63) is 114 Å². The molecule has 4 aromatic rings. The Kier molecular flexibility index (Phi) is 6.51. The van der Waals surface area contributed by atoms with E-state index < -0.39 is 6.10 Å². The third-order valence-electron chi connectivity index (χ3n) is 6.19. The molecule has 1 N–H and O–H groups in total. The van der Waals surface area contributed by atoms with Crippen molar-refractivity contribution in [3.63, 3.8) is 0 Å². The number of rotatable bonds is 7. The summed E-state index contributed by atoms with van der Waals surface area (Å²) in [5, 5.41) is 10.8. The van der Waals surface area contributed by atoms with Gasteiger partial charge in [-0.05, 0) is 60.4 Å². The molecular weight excluding hydrogens is 410 g/mol. The Morgan fingerprint density at radius 2 is 1.85 bits per heavy atom. The third-order valence-corrected chi connectivity index (χ3v) is 6.19. The van der Waals surface area contributed by atoms with Gasteiger partial charge in [0.25, 0.3) is 0 Å². The molecule has 0 saturated heterocycles. The molecule has 5 rings (SSSR count). The average Bonchev–Trinajstić information content (AvgIpc) is 3.22. The van der Waals surface area contributed by atoms with Crippen molar-refractivity contribution in [2.75, 3.05) is 13.2 Å². The SMILES string of the molecule is O[C@H](CCc1ccccc1)c1ccc2c(c1)CN(Cc1cccn1-c1ccccn1)CCO2. The zero-order valence-corrected chi connectivity index (χ0v) is 18.7. The van der Waals surface area contributed by atoms with Gasteiger partial charge >= 0.3 is 0 Å². The van der Waals surface area contributed by atoms with Gasteiger partial charge < -0.3 is 14.4 Å². The summed E-state index contributed by atoms with van der Waals surface area (Å²) in [4.78, 5) is 6.88. The van der Waals surface area contributed by atoms with Crippen molar-refractivity contribution in [1.29, 1.82) is 0 Å². The number of pyridine rings is 1. The summed E-state index contributed by atoms with van der Waals surface area (Å²) in [6.45, 7) is 3.07. The minimum atomic E-state index is -0.492. The van der Waals surface area contributed by atoms with E-state index in [1.807, 2.05) is 54.7 Å². The van der Waals surface area contributed by atoms with Crippen molar-refractivity contribution in [1.82, 2.24) is 14.5 Å². The minimum absolute atomic E-state index is 0.492. The van der Waals surface area contributed by atoms with Gasteiger partial charge in [0.05, 0.1) is 6.10 Å². The summed E-state index contributed by atoms with van der Waals surface area (Å²) < 4.78 is 8.17. The topological polar surface area (TPSA) is 50.5 Å². The Labute approximate surface area is 194 Å². The van der Waals surface area contributed by atoms with Crippen LogP contribution in [-0.2, 0) is 19.5 Å². The molecule has 5 heteroatoms. The maximum atomic E-state index is 10.8. The van der Waals surface area contributed by atoms with Gasteiger partial charge in [0.2, 0.25) is 0 Å². The molecule has 0 fully saturated rings. The molecule has 1 aliphatic heterocycles. The minimum Gasteiger partial charge on any atom is -0.492 e.